The topological polar surface area (TPSA) is 52.3 Å². The summed E-state index contributed by atoms with van der Waals surface area (Å²) < 4.78 is 45.4. The molecule has 0 aliphatic rings. The van der Waals surface area contributed by atoms with E-state index >= 15 is 0 Å². The van der Waals surface area contributed by atoms with Crippen molar-refractivity contribution >= 4 is 5.78 Å². The lowest BCUT2D eigenvalue weighted by molar-refractivity contribution is -0.141. The average molecular weight is 336 g/mol. The van der Waals surface area contributed by atoms with Gasteiger partial charge in [0.15, 0.2) is 0 Å². The van der Waals surface area contributed by atoms with E-state index in [-0.39, 0.29) is 5.78 Å². The molecule has 0 unspecified atom stereocenters. The Bertz CT molecular complexity index is 881. The normalized spacial score (nSPS) is 12.6. The Labute approximate surface area is 136 Å². The third-order valence-corrected chi connectivity index (χ3v) is 3.07. The van der Waals surface area contributed by atoms with E-state index in [0.717, 1.165) is 6.07 Å². The van der Waals surface area contributed by atoms with Gasteiger partial charge in [0.1, 0.15) is 11.3 Å². The van der Waals surface area contributed by atoms with Gasteiger partial charge in [-0.15, -0.1) is 0 Å². The molecule has 0 aliphatic carbocycles. The zero-order valence-electron chi connectivity index (χ0n) is 13.3. The first-order valence-corrected chi connectivity index (χ1v) is 7.21. The maximum atomic E-state index is 12.7. The number of aromatic nitrogens is 4. The zero-order valence-corrected chi connectivity index (χ0v) is 13.3. The highest BCUT2D eigenvalue weighted by atomic mass is 19.4. The van der Waals surface area contributed by atoms with Gasteiger partial charge in [0.2, 0.25) is 11.7 Å². The van der Waals surface area contributed by atoms with Crippen molar-refractivity contribution in [2.45, 2.75) is 32.5 Å². The van der Waals surface area contributed by atoms with Gasteiger partial charge in [0.25, 0.3) is 0 Å². The predicted molar refractivity (Wildman–Crippen MR) is 81.6 cm³/mol. The minimum atomic E-state index is -4.51. The van der Waals surface area contributed by atoms with E-state index in [1.807, 2.05) is 20.8 Å². The molecule has 0 aromatic carbocycles. The van der Waals surface area contributed by atoms with Gasteiger partial charge in [-0.1, -0.05) is 6.07 Å². The Morgan fingerprint density at radius 3 is 2.46 bits per heavy atom. The van der Waals surface area contributed by atoms with Gasteiger partial charge >= 0.3 is 6.18 Å². The fraction of sp³-hybridized carbons (Fsp3) is 0.312. The average Bonchev–Trinajstić information content (AvgIpc) is 2.87. The summed E-state index contributed by atoms with van der Waals surface area (Å²) in [7, 11) is 0. The number of imidazole rings is 1. The lowest BCUT2D eigenvalue weighted by Crippen LogP contribution is -2.23. The molecule has 0 bridgehead atoms. The van der Waals surface area contributed by atoms with E-state index in [1.165, 1.54) is 16.8 Å². The number of fused-ring (bicyclic) bond motifs is 1. The highest BCUT2D eigenvalue weighted by Gasteiger charge is 2.33. The van der Waals surface area contributed by atoms with Crippen molar-refractivity contribution in [1.82, 2.24) is 19.4 Å². The molecule has 0 fully saturated rings. The van der Waals surface area contributed by atoms with Crippen LogP contribution in [0.1, 0.15) is 26.5 Å². The second-order valence-electron chi connectivity index (χ2n) is 6.20. The summed E-state index contributed by atoms with van der Waals surface area (Å²) in [4.78, 5) is 11.9. The quantitative estimate of drug-likeness (QED) is 0.710. The molecule has 0 N–H and O–H groups in total. The lowest BCUT2D eigenvalue weighted by atomic mass is 10.2. The minimum absolute atomic E-state index is 0.0382. The van der Waals surface area contributed by atoms with Crippen LogP contribution in [-0.4, -0.2) is 25.0 Å². The maximum Gasteiger partial charge on any atom is 0.433 e. The number of pyridine rings is 1. The van der Waals surface area contributed by atoms with Crippen LogP contribution >= 0.6 is 0 Å². The van der Waals surface area contributed by atoms with Crippen molar-refractivity contribution in [2.75, 3.05) is 0 Å². The van der Waals surface area contributed by atoms with Crippen LogP contribution in [0.15, 0.2) is 36.7 Å². The maximum absolute atomic E-state index is 12.7. The molecular weight excluding hydrogens is 321 g/mol. The first-order valence-electron chi connectivity index (χ1n) is 7.21. The Kier molecular flexibility index (Phi) is 3.70. The Morgan fingerprint density at radius 1 is 1.04 bits per heavy atom. The number of alkyl halides is 3. The summed E-state index contributed by atoms with van der Waals surface area (Å²) in [5, 5.41) is 0. The number of hydrogen-bond acceptors (Lipinski definition) is 4. The van der Waals surface area contributed by atoms with E-state index < -0.39 is 17.5 Å². The van der Waals surface area contributed by atoms with Crippen LogP contribution in [0, 0.1) is 0 Å². The molecule has 0 amide bonds. The summed E-state index contributed by atoms with van der Waals surface area (Å²) in [6, 6.07) is 6.13. The van der Waals surface area contributed by atoms with Crippen LogP contribution in [0.2, 0.25) is 0 Å². The van der Waals surface area contributed by atoms with Crippen molar-refractivity contribution in [3.05, 3.63) is 42.4 Å². The fourth-order valence-corrected chi connectivity index (χ4v) is 2.15. The summed E-state index contributed by atoms with van der Waals surface area (Å²) in [5.41, 5.74) is -0.324. The van der Waals surface area contributed by atoms with Crippen molar-refractivity contribution in [3.8, 4) is 17.3 Å². The number of ether oxygens (including phenoxy) is 1. The predicted octanol–water partition coefficient (Wildman–Crippen LogP) is 3.99. The minimum Gasteiger partial charge on any atom is -0.472 e. The standard InChI is InChI=1S/C16H15F3N4O/c1-15(2,3)24-13-6-4-5-10(21-13)11-9-20-14-22-12(16(17,18)19)7-8-23(11)14/h4-9H,1-3H3. The van der Waals surface area contributed by atoms with E-state index in [2.05, 4.69) is 15.0 Å². The number of halogens is 3. The molecule has 0 spiro atoms. The SMILES string of the molecule is CC(C)(C)Oc1cccc(-c2cnc3nc(C(F)(F)F)ccn23)n1. The summed E-state index contributed by atoms with van der Waals surface area (Å²) in [6.07, 6.45) is -1.79. The van der Waals surface area contributed by atoms with Crippen molar-refractivity contribution < 1.29 is 17.9 Å². The molecule has 0 saturated heterocycles. The van der Waals surface area contributed by atoms with Crippen LogP contribution in [0.4, 0.5) is 13.2 Å². The molecule has 0 atom stereocenters. The third-order valence-electron chi connectivity index (χ3n) is 3.07. The van der Waals surface area contributed by atoms with Crippen molar-refractivity contribution in [1.29, 1.82) is 0 Å². The molecule has 3 heterocycles. The van der Waals surface area contributed by atoms with Gasteiger partial charge in [0, 0.05) is 12.3 Å². The monoisotopic (exact) mass is 336 g/mol. The molecule has 3 aromatic heterocycles. The fourth-order valence-electron chi connectivity index (χ4n) is 2.15. The van der Waals surface area contributed by atoms with E-state index in [0.29, 0.717) is 17.3 Å². The van der Waals surface area contributed by atoms with Crippen LogP contribution in [0.25, 0.3) is 17.2 Å². The van der Waals surface area contributed by atoms with Gasteiger partial charge < -0.3 is 4.74 Å². The molecule has 8 heteroatoms. The van der Waals surface area contributed by atoms with Gasteiger partial charge in [-0.2, -0.15) is 13.2 Å². The molecular formula is C16H15F3N4O. The molecule has 0 saturated carbocycles. The highest BCUT2D eigenvalue weighted by molar-refractivity contribution is 5.58. The number of nitrogens with zero attached hydrogens (tertiary/aromatic N) is 4. The zero-order chi connectivity index (χ0) is 17.5. The number of rotatable bonds is 2. The van der Waals surface area contributed by atoms with E-state index in [1.54, 1.807) is 18.2 Å². The van der Waals surface area contributed by atoms with E-state index in [4.69, 9.17) is 4.74 Å². The second kappa shape index (κ2) is 5.47. The lowest BCUT2D eigenvalue weighted by Gasteiger charge is -2.20. The highest BCUT2D eigenvalue weighted by Crippen LogP contribution is 2.29. The number of hydrogen-bond donors (Lipinski definition) is 0. The van der Waals surface area contributed by atoms with Crippen molar-refractivity contribution in [2.24, 2.45) is 0 Å². The Morgan fingerprint density at radius 2 is 1.79 bits per heavy atom. The van der Waals surface area contributed by atoms with Gasteiger partial charge in [0.05, 0.1) is 17.6 Å². The Hall–Kier alpha value is -2.64. The van der Waals surface area contributed by atoms with E-state index in [9.17, 15) is 13.2 Å². The third kappa shape index (κ3) is 3.32. The largest absolute Gasteiger partial charge is 0.472 e. The molecule has 3 rings (SSSR count). The first kappa shape index (κ1) is 16.2. The second-order valence-corrected chi connectivity index (χ2v) is 6.20. The van der Waals surface area contributed by atoms with Crippen LogP contribution in [0.3, 0.4) is 0 Å². The summed E-state index contributed by atoms with van der Waals surface area (Å²) in [6.45, 7) is 5.70. The summed E-state index contributed by atoms with van der Waals surface area (Å²) >= 11 is 0. The van der Waals surface area contributed by atoms with Gasteiger partial charge in [-0.05, 0) is 32.9 Å². The van der Waals surface area contributed by atoms with Crippen LogP contribution in [-0.2, 0) is 6.18 Å². The molecule has 0 aliphatic heterocycles. The summed E-state index contributed by atoms with van der Waals surface area (Å²) in [5.74, 6) is 0.388. The smallest absolute Gasteiger partial charge is 0.433 e. The molecule has 126 valence electrons. The Balaban J connectivity index is 2.03. The van der Waals surface area contributed by atoms with Crippen LogP contribution in [0.5, 0.6) is 5.88 Å². The molecule has 5 nitrogen and oxygen atoms in total. The van der Waals surface area contributed by atoms with Gasteiger partial charge in [-0.3, -0.25) is 4.40 Å². The first-order chi connectivity index (χ1) is 11.1. The molecule has 0 radical (unpaired) electrons. The van der Waals surface area contributed by atoms with Crippen molar-refractivity contribution in [3.63, 3.8) is 0 Å². The molecule has 3 aromatic rings. The van der Waals surface area contributed by atoms with Crippen LogP contribution < -0.4 is 4.74 Å². The molecule has 24 heavy (non-hydrogen) atoms. The van der Waals surface area contributed by atoms with Gasteiger partial charge in [-0.25, -0.2) is 15.0 Å².